The predicted octanol–water partition coefficient (Wildman–Crippen LogP) is 5.10. The van der Waals surface area contributed by atoms with Crippen molar-refractivity contribution in [2.24, 2.45) is 0 Å². The number of carbonyl (C=O) groups is 1. The molecule has 1 aromatic carbocycles. The number of nitrogens with one attached hydrogen (secondary N) is 1. The highest BCUT2D eigenvalue weighted by Crippen LogP contribution is 2.30. The topological polar surface area (TPSA) is 101 Å². The van der Waals surface area contributed by atoms with Crippen molar-refractivity contribution in [2.45, 2.75) is 50.9 Å². The van der Waals surface area contributed by atoms with Crippen LogP contribution in [0.2, 0.25) is 5.02 Å². The Balaban J connectivity index is 1.82. The molecule has 0 bridgehead atoms. The minimum absolute atomic E-state index is 0.289. The number of nitrogens with zero attached hydrogens (tertiary/aromatic N) is 4. The minimum Gasteiger partial charge on any atom is -0.461 e. The molecule has 1 amide bonds. The highest BCUT2D eigenvalue weighted by Gasteiger charge is 2.36. The summed E-state index contributed by atoms with van der Waals surface area (Å²) in [6.45, 7) is 4.65. The number of hydrogen-bond donors (Lipinski definition) is 1. The summed E-state index contributed by atoms with van der Waals surface area (Å²) in [6, 6.07) is 11.2. The molecule has 2 heterocycles. The molecule has 7 nitrogen and oxygen atoms in total. The van der Waals surface area contributed by atoms with Crippen LogP contribution < -0.4 is 10.1 Å². The second-order valence-electron chi connectivity index (χ2n) is 8.67. The van der Waals surface area contributed by atoms with Crippen molar-refractivity contribution in [1.82, 2.24) is 20.3 Å². The Bertz CT molecular complexity index is 1260. The van der Waals surface area contributed by atoms with Gasteiger partial charge >= 0.3 is 6.18 Å². The molecular formula is C25H23ClF3N5O2. The molecule has 0 spiro atoms. The van der Waals surface area contributed by atoms with Crippen LogP contribution in [0.5, 0.6) is 5.88 Å². The Morgan fingerprint density at radius 1 is 1.17 bits per heavy atom. The van der Waals surface area contributed by atoms with Gasteiger partial charge in [-0.25, -0.2) is 9.97 Å². The largest absolute Gasteiger partial charge is 0.461 e. The van der Waals surface area contributed by atoms with Crippen molar-refractivity contribution in [3.8, 4) is 11.9 Å². The molecule has 0 saturated heterocycles. The maximum absolute atomic E-state index is 13.1. The fourth-order valence-electron chi connectivity index (χ4n) is 3.52. The van der Waals surface area contributed by atoms with E-state index in [9.17, 15) is 23.2 Å². The molecule has 0 radical (unpaired) electrons. The number of halogens is 4. The Kier molecular flexibility index (Phi) is 8.15. The van der Waals surface area contributed by atoms with Crippen molar-refractivity contribution >= 4 is 17.5 Å². The normalized spacial score (nSPS) is 13.4. The van der Waals surface area contributed by atoms with Crippen molar-refractivity contribution in [3.63, 3.8) is 0 Å². The third-order valence-electron chi connectivity index (χ3n) is 5.49. The zero-order chi connectivity index (χ0) is 26.5. The molecule has 11 heteroatoms. The van der Waals surface area contributed by atoms with Gasteiger partial charge in [-0.15, -0.1) is 0 Å². The van der Waals surface area contributed by atoms with Gasteiger partial charge in [0, 0.05) is 35.4 Å². The van der Waals surface area contributed by atoms with E-state index < -0.39 is 29.4 Å². The summed E-state index contributed by atoms with van der Waals surface area (Å²) in [5, 5.41) is 12.8. The Morgan fingerprint density at radius 3 is 2.50 bits per heavy atom. The van der Waals surface area contributed by atoms with Gasteiger partial charge in [-0.2, -0.15) is 18.4 Å². The number of pyridine rings is 1. The number of ether oxygens (including phenoxy) is 1. The van der Waals surface area contributed by atoms with Crippen LogP contribution in [0.4, 0.5) is 13.2 Å². The number of aromatic nitrogens is 3. The van der Waals surface area contributed by atoms with Crippen LogP contribution in [0, 0.1) is 11.3 Å². The first-order valence-corrected chi connectivity index (χ1v) is 11.3. The smallest absolute Gasteiger partial charge is 0.433 e. The van der Waals surface area contributed by atoms with Crippen LogP contribution in [-0.4, -0.2) is 32.5 Å². The average molecular weight is 518 g/mol. The van der Waals surface area contributed by atoms with Crippen LogP contribution in [0.3, 0.4) is 0 Å². The third kappa shape index (κ3) is 6.92. The highest BCUT2D eigenvalue weighted by molar-refractivity contribution is 6.30. The number of benzene rings is 1. The lowest BCUT2D eigenvalue weighted by atomic mass is 9.86. The first-order chi connectivity index (χ1) is 16.9. The van der Waals surface area contributed by atoms with Gasteiger partial charge in [0.15, 0.2) is 11.3 Å². The van der Waals surface area contributed by atoms with E-state index in [4.69, 9.17) is 16.3 Å². The Morgan fingerprint density at radius 2 is 1.86 bits per heavy atom. The molecule has 0 fully saturated rings. The Labute approximate surface area is 211 Å². The van der Waals surface area contributed by atoms with Gasteiger partial charge in [-0.3, -0.25) is 9.78 Å². The molecule has 3 aromatic rings. The van der Waals surface area contributed by atoms with E-state index >= 15 is 0 Å². The van der Waals surface area contributed by atoms with Gasteiger partial charge in [0.25, 0.3) is 5.91 Å². The SMILES string of the molecule is CC(NC(=O)C(C)(C)Oc1cc(C(F)(F)F)ncn1)C(Cc1ccc(Cl)cc1)c1cncc(C#N)c1. The average Bonchev–Trinajstić information content (AvgIpc) is 2.83. The van der Waals surface area contributed by atoms with Crippen LogP contribution in [0.1, 0.15) is 49.1 Å². The molecule has 1 N–H and O–H groups in total. The zero-order valence-corrected chi connectivity index (χ0v) is 20.4. The van der Waals surface area contributed by atoms with E-state index in [0.29, 0.717) is 23.1 Å². The molecule has 2 unspecified atom stereocenters. The second-order valence-corrected chi connectivity index (χ2v) is 9.11. The molecule has 0 aliphatic heterocycles. The number of amides is 1. The number of rotatable bonds is 8. The quantitative estimate of drug-likeness (QED) is 0.446. The summed E-state index contributed by atoms with van der Waals surface area (Å²) in [5.74, 6) is -1.23. The van der Waals surface area contributed by atoms with Gasteiger partial charge in [0.1, 0.15) is 12.4 Å². The van der Waals surface area contributed by atoms with E-state index in [0.717, 1.165) is 17.5 Å². The predicted molar refractivity (Wildman–Crippen MR) is 126 cm³/mol. The summed E-state index contributed by atoms with van der Waals surface area (Å²) in [5.41, 5.74) is -0.668. The van der Waals surface area contributed by atoms with Gasteiger partial charge < -0.3 is 10.1 Å². The first kappa shape index (κ1) is 26.9. The molecule has 2 atom stereocenters. The van der Waals surface area contributed by atoms with Gasteiger partial charge in [-0.1, -0.05) is 23.7 Å². The standard InChI is InChI=1S/C25H23ClF3N5O2/c1-15(34-23(35)24(2,3)36-22-10-21(25(27,28)29)32-14-33-22)20(9-16-4-6-19(26)7-5-16)18-8-17(11-30)12-31-13-18/h4-8,10,12-15,20H,9H2,1-3H3,(H,34,35). The Hall–Kier alpha value is -3.71. The summed E-state index contributed by atoms with van der Waals surface area (Å²) in [7, 11) is 0. The van der Waals surface area contributed by atoms with Crippen molar-refractivity contribution in [2.75, 3.05) is 0 Å². The molecule has 3 rings (SSSR count). The summed E-state index contributed by atoms with van der Waals surface area (Å²) >= 11 is 6.00. The van der Waals surface area contributed by atoms with Crippen molar-refractivity contribution in [3.05, 3.63) is 82.5 Å². The number of carbonyl (C=O) groups excluding carboxylic acids is 1. The highest BCUT2D eigenvalue weighted by atomic mass is 35.5. The molecule has 188 valence electrons. The van der Waals surface area contributed by atoms with E-state index in [1.165, 1.54) is 20.0 Å². The zero-order valence-electron chi connectivity index (χ0n) is 19.7. The van der Waals surface area contributed by atoms with Crippen LogP contribution in [-0.2, 0) is 17.4 Å². The maximum atomic E-state index is 13.1. The van der Waals surface area contributed by atoms with Crippen LogP contribution >= 0.6 is 11.6 Å². The second kappa shape index (κ2) is 10.9. The summed E-state index contributed by atoms with van der Waals surface area (Å²) in [6.07, 6.45) is -0.377. The van der Waals surface area contributed by atoms with E-state index in [1.54, 1.807) is 31.3 Å². The fourth-order valence-corrected chi connectivity index (χ4v) is 3.64. The summed E-state index contributed by atoms with van der Waals surface area (Å²) in [4.78, 5) is 24.2. The minimum atomic E-state index is -4.68. The molecule has 0 aliphatic rings. The van der Waals surface area contributed by atoms with Crippen molar-refractivity contribution < 1.29 is 22.7 Å². The number of nitriles is 1. The lowest BCUT2D eigenvalue weighted by Crippen LogP contribution is -2.51. The van der Waals surface area contributed by atoms with Gasteiger partial charge in [-0.05, 0) is 56.5 Å². The monoisotopic (exact) mass is 517 g/mol. The van der Waals surface area contributed by atoms with E-state index in [-0.39, 0.29) is 11.8 Å². The number of hydrogen-bond acceptors (Lipinski definition) is 6. The van der Waals surface area contributed by atoms with Gasteiger partial charge in [0.2, 0.25) is 5.88 Å². The van der Waals surface area contributed by atoms with Crippen molar-refractivity contribution in [1.29, 1.82) is 5.26 Å². The molecule has 0 aliphatic carbocycles. The van der Waals surface area contributed by atoms with Crippen LogP contribution in [0.25, 0.3) is 0 Å². The lowest BCUT2D eigenvalue weighted by molar-refractivity contribution is -0.141. The molecule has 2 aromatic heterocycles. The number of alkyl halides is 3. The van der Waals surface area contributed by atoms with Gasteiger partial charge in [0.05, 0.1) is 5.56 Å². The van der Waals surface area contributed by atoms with Crippen LogP contribution in [0.15, 0.2) is 55.1 Å². The molecule has 0 saturated carbocycles. The third-order valence-corrected chi connectivity index (χ3v) is 5.74. The van der Waals surface area contributed by atoms with E-state index in [2.05, 4.69) is 26.3 Å². The van der Waals surface area contributed by atoms with E-state index in [1.807, 2.05) is 12.1 Å². The first-order valence-electron chi connectivity index (χ1n) is 10.9. The fraction of sp³-hybridized carbons (Fsp3) is 0.320. The lowest BCUT2D eigenvalue weighted by Gasteiger charge is -2.30. The molecular weight excluding hydrogens is 495 g/mol. The molecule has 36 heavy (non-hydrogen) atoms. The summed E-state index contributed by atoms with van der Waals surface area (Å²) < 4.78 is 44.5. The maximum Gasteiger partial charge on any atom is 0.433 e.